The van der Waals surface area contributed by atoms with Crippen LogP contribution in [0.4, 0.5) is 0 Å². The summed E-state index contributed by atoms with van der Waals surface area (Å²) in [6.45, 7) is 13.7. The largest absolute Gasteiger partial charge is 0.489 e. The Balaban J connectivity index is 1.06. The Bertz CT molecular complexity index is 2250. The lowest BCUT2D eigenvalue weighted by Crippen LogP contribution is -2.07. The average Bonchev–Trinajstić information content (AvgIpc) is 3.20. The van der Waals surface area contributed by atoms with E-state index in [2.05, 4.69) is 68.0 Å². The van der Waals surface area contributed by atoms with Crippen molar-refractivity contribution in [2.45, 2.75) is 37.2 Å². The summed E-state index contributed by atoms with van der Waals surface area (Å²) in [5, 5.41) is 0. The Morgan fingerprint density at radius 3 is 1.38 bits per heavy atom. The van der Waals surface area contributed by atoms with Crippen LogP contribution in [0.15, 0.2) is 149 Å². The molecule has 0 aliphatic rings. The summed E-state index contributed by atoms with van der Waals surface area (Å²) in [5.74, 6) is 14.4. The van der Waals surface area contributed by atoms with Crippen LogP contribution < -0.4 is 4.74 Å². The molecule has 0 radical (unpaired) electrons. The van der Waals surface area contributed by atoms with E-state index in [0.717, 1.165) is 60.0 Å². The van der Waals surface area contributed by atoms with Crippen molar-refractivity contribution in [3.8, 4) is 40.6 Å². The molecule has 5 rings (SSSR count). The molecule has 0 aliphatic heterocycles. The molecule has 0 bridgehead atoms. The van der Waals surface area contributed by atoms with Gasteiger partial charge in [0.2, 0.25) is 0 Å². The number of hydrogen-bond donors (Lipinski definition) is 0. The number of carbonyl (C=O) groups excluding carboxylic acids is 2. The Morgan fingerprint density at radius 2 is 0.964 bits per heavy atom. The monoisotopic (exact) mass is 762 g/mol. The Kier molecular flexibility index (Phi) is 15.1. The minimum atomic E-state index is -0.356. The van der Waals surface area contributed by atoms with E-state index in [-0.39, 0.29) is 11.9 Å². The number of benzene rings is 5. The highest BCUT2D eigenvalue weighted by molar-refractivity contribution is 7.99. The predicted molar refractivity (Wildman–Crippen MR) is 225 cm³/mol. The predicted octanol–water partition coefficient (Wildman–Crippen LogP) is 10.5. The second kappa shape index (κ2) is 20.6. The first-order valence-electron chi connectivity index (χ1n) is 17.7. The third kappa shape index (κ3) is 13.2. The molecule has 0 fully saturated rings. The topological polar surface area (TPSA) is 61.8 Å². The molecule has 5 nitrogen and oxygen atoms in total. The molecular formula is C48H42O5S2. The molecule has 55 heavy (non-hydrogen) atoms. The normalized spacial score (nSPS) is 10.2. The summed E-state index contributed by atoms with van der Waals surface area (Å²) < 4.78 is 16.5. The summed E-state index contributed by atoms with van der Waals surface area (Å²) in [6, 6.07) is 38.7. The van der Waals surface area contributed by atoms with Crippen molar-refractivity contribution in [3.05, 3.63) is 173 Å². The lowest BCUT2D eigenvalue weighted by atomic mass is 10.0. The molecular weight excluding hydrogens is 721 g/mol. The van der Waals surface area contributed by atoms with E-state index in [1.54, 1.807) is 37.4 Å². The minimum Gasteiger partial charge on any atom is -0.489 e. The van der Waals surface area contributed by atoms with E-state index in [4.69, 9.17) is 14.2 Å². The first-order valence-corrected chi connectivity index (χ1v) is 19.7. The standard InChI is InChI=1S/C48H42O5S2/c1-34(2)47(49)51-28-30-54-44-23-16-39(17-24-44)8-6-37-10-12-41(13-11-37)33-53-46-27-22-43(32-36(46)5)42-20-14-38(15-21-42)7-9-40-18-25-45(26-19-40)55-31-29-52-48(50)35(3)4/h10-27,32H,1,3,28-31,33H2,2,4-5H3. The van der Waals surface area contributed by atoms with Crippen LogP contribution in [-0.4, -0.2) is 36.7 Å². The second-order valence-corrected chi connectivity index (χ2v) is 15.0. The molecule has 0 N–H and O–H groups in total. The van der Waals surface area contributed by atoms with Crippen molar-refractivity contribution in [1.82, 2.24) is 0 Å². The van der Waals surface area contributed by atoms with E-state index in [9.17, 15) is 9.59 Å². The van der Waals surface area contributed by atoms with Crippen LogP contribution >= 0.6 is 23.5 Å². The molecule has 0 atom stereocenters. The Hall–Kier alpha value is -5.86. The van der Waals surface area contributed by atoms with Gasteiger partial charge < -0.3 is 14.2 Å². The van der Waals surface area contributed by atoms with Gasteiger partial charge in [0.1, 0.15) is 25.6 Å². The van der Waals surface area contributed by atoms with Crippen molar-refractivity contribution in [1.29, 1.82) is 0 Å². The molecule has 7 heteroatoms. The smallest absolute Gasteiger partial charge is 0.333 e. The lowest BCUT2D eigenvalue weighted by Gasteiger charge is -2.11. The van der Waals surface area contributed by atoms with Gasteiger partial charge in [-0.3, -0.25) is 0 Å². The summed E-state index contributed by atoms with van der Waals surface area (Å²) in [4.78, 5) is 25.2. The molecule has 0 aromatic heterocycles. The van der Waals surface area contributed by atoms with Gasteiger partial charge >= 0.3 is 11.9 Å². The number of esters is 2. The summed E-state index contributed by atoms with van der Waals surface area (Å²) in [7, 11) is 0. The van der Waals surface area contributed by atoms with Gasteiger partial charge in [0.15, 0.2) is 0 Å². The van der Waals surface area contributed by atoms with Gasteiger partial charge in [-0.15, -0.1) is 23.5 Å². The van der Waals surface area contributed by atoms with Crippen LogP contribution in [0.3, 0.4) is 0 Å². The van der Waals surface area contributed by atoms with Crippen LogP contribution in [0, 0.1) is 30.6 Å². The van der Waals surface area contributed by atoms with E-state index in [1.165, 1.54) is 0 Å². The first-order chi connectivity index (χ1) is 26.6. The number of aryl methyl sites for hydroxylation is 1. The maximum Gasteiger partial charge on any atom is 0.333 e. The third-order valence-corrected chi connectivity index (χ3v) is 9.97. The quantitative estimate of drug-likeness (QED) is 0.0367. The van der Waals surface area contributed by atoms with Crippen LogP contribution in [-0.2, 0) is 25.7 Å². The minimum absolute atomic E-state index is 0.346. The highest BCUT2D eigenvalue weighted by Crippen LogP contribution is 2.27. The van der Waals surface area contributed by atoms with Crippen LogP contribution in [0.1, 0.15) is 47.2 Å². The summed E-state index contributed by atoms with van der Waals surface area (Å²) >= 11 is 3.25. The first kappa shape index (κ1) is 40.3. The van der Waals surface area contributed by atoms with Crippen LogP contribution in [0.2, 0.25) is 0 Å². The van der Waals surface area contributed by atoms with Crippen molar-refractivity contribution < 1.29 is 23.8 Å². The number of rotatable bonds is 14. The van der Waals surface area contributed by atoms with Crippen molar-refractivity contribution >= 4 is 35.5 Å². The maximum atomic E-state index is 11.5. The Morgan fingerprint density at radius 1 is 0.564 bits per heavy atom. The van der Waals surface area contributed by atoms with E-state index < -0.39 is 0 Å². The van der Waals surface area contributed by atoms with Gasteiger partial charge in [0.25, 0.3) is 0 Å². The van der Waals surface area contributed by atoms with E-state index in [1.807, 2.05) is 91.0 Å². The van der Waals surface area contributed by atoms with Gasteiger partial charge in [-0.2, -0.15) is 0 Å². The lowest BCUT2D eigenvalue weighted by molar-refractivity contribution is -0.139. The van der Waals surface area contributed by atoms with Gasteiger partial charge in [-0.05, 0) is 128 Å². The molecule has 0 heterocycles. The molecule has 5 aromatic carbocycles. The average molecular weight is 763 g/mol. The highest BCUT2D eigenvalue weighted by Gasteiger charge is 2.06. The third-order valence-electron chi connectivity index (χ3n) is 8.02. The molecule has 0 saturated heterocycles. The fourth-order valence-electron chi connectivity index (χ4n) is 4.97. The molecule has 5 aromatic rings. The number of thioether (sulfide) groups is 2. The van der Waals surface area contributed by atoms with Crippen molar-refractivity contribution in [2.75, 3.05) is 24.7 Å². The fraction of sp³-hybridized carbons (Fsp3) is 0.167. The SMILES string of the molecule is C=C(C)C(=O)OCCSc1ccc(C#Cc2ccc(COc3ccc(-c4ccc(C#Cc5ccc(SCCOC(=O)C(=C)C)cc5)cc4)cc3C)cc2)cc1. The molecule has 0 saturated carbocycles. The molecule has 0 spiro atoms. The van der Waals surface area contributed by atoms with Crippen molar-refractivity contribution in [3.63, 3.8) is 0 Å². The number of hydrogen-bond acceptors (Lipinski definition) is 7. The zero-order valence-electron chi connectivity index (χ0n) is 31.3. The maximum absolute atomic E-state index is 11.5. The van der Waals surface area contributed by atoms with Gasteiger partial charge in [0, 0.05) is 54.7 Å². The number of ether oxygens (including phenoxy) is 3. The van der Waals surface area contributed by atoms with Crippen LogP contribution in [0.5, 0.6) is 5.75 Å². The second-order valence-electron chi connectivity index (χ2n) is 12.6. The number of carbonyl (C=O) groups is 2. The fourth-order valence-corrected chi connectivity index (χ4v) is 6.44. The zero-order chi connectivity index (χ0) is 39.0. The van der Waals surface area contributed by atoms with Gasteiger partial charge in [-0.1, -0.05) is 67.2 Å². The Labute approximate surface area is 333 Å². The van der Waals surface area contributed by atoms with E-state index >= 15 is 0 Å². The van der Waals surface area contributed by atoms with Crippen LogP contribution in [0.25, 0.3) is 11.1 Å². The zero-order valence-corrected chi connectivity index (χ0v) is 32.9. The van der Waals surface area contributed by atoms with Gasteiger partial charge in [-0.25, -0.2) is 9.59 Å². The summed E-state index contributed by atoms with van der Waals surface area (Å²) in [6.07, 6.45) is 0. The van der Waals surface area contributed by atoms with E-state index in [0.29, 0.717) is 42.5 Å². The molecule has 0 amide bonds. The highest BCUT2D eigenvalue weighted by atomic mass is 32.2. The molecule has 276 valence electrons. The summed E-state index contributed by atoms with van der Waals surface area (Å²) in [5.41, 5.74) is 8.91. The van der Waals surface area contributed by atoms with Gasteiger partial charge in [0.05, 0.1) is 0 Å². The molecule has 0 aliphatic carbocycles. The van der Waals surface area contributed by atoms with Crippen molar-refractivity contribution in [2.24, 2.45) is 0 Å². The molecule has 0 unspecified atom stereocenters.